The number of hydrogen-bond acceptors (Lipinski definition) is 4. The second-order valence-corrected chi connectivity index (χ2v) is 5.85. The Bertz CT molecular complexity index is 419. The second kappa shape index (κ2) is 6.77. The summed E-state index contributed by atoms with van der Waals surface area (Å²) in [6.07, 6.45) is 8.97. The summed E-state index contributed by atoms with van der Waals surface area (Å²) in [7, 11) is 0. The first kappa shape index (κ1) is 13.4. The highest BCUT2D eigenvalue weighted by atomic mass is 32.2. The zero-order chi connectivity index (χ0) is 12.8. The lowest BCUT2D eigenvalue weighted by atomic mass is 9.95. The average molecular weight is 261 g/mol. The summed E-state index contributed by atoms with van der Waals surface area (Å²) in [6.45, 7) is 0.755. The Balaban J connectivity index is 1.84. The Morgan fingerprint density at radius 3 is 2.89 bits per heavy atom. The summed E-state index contributed by atoms with van der Waals surface area (Å²) in [5.74, 6) is 0. The molecule has 0 aromatic carbocycles. The quantitative estimate of drug-likeness (QED) is 0.905. The van der Waals surface area contributed by atoms with E-state index in [1.54, 1.807) is 6.20 Å². The van der Waals surface area contributed by atoms with Crippen LogP contribution in [0.1, 0.15) is 36.9 Å². The van der Waals surface area contributed by atoms with Crippen LogP contribution < -0.4 is 5.32 Å². The highest BCUT2D eigenvalue weighted by Gasteiger charge is 2.20. The Morgan fingerprint density at radius 1 is 1.44 bits per heavy atom. The SMILES string of the molecule is CSC1CCC(NCc2cccnc2C#N)CC1. The number of hydrogen-bond donors (Lipinski definition) is 1. The van der Waals surface area contributed by atoms with Crippen LogP contribution in [0.3, 0.4) is 0 Å². The van der Waals surface area contributed by atoms with Crippen LogP contribution in [0.4, 0.5) is 0 Å². The number of nitriles is 1. The van der Waals surface area contributed by atoms with E-state index < -0.39 is 0 Å². The molecule has 1 saturated carbocycles. The summed E-state index contributed by atoms with van der Waals surface area (Å²) in [6, 6.07) is 6.61. The molecular formula is C14H19N3S. The molecule has 0 atom stereocenters. The fourth-order valence-electron chi connectivity index (χ4n) is 2.44. The van der Waals surface area contributed by atoms with Crippen LogP contribution in [-0.2, 0) is 6.54 Å². The van der Waals surface area contributed by atoms with Gasteiger partial charge in [0.1, 0.15) is 11.8 Å². The predicted molar refractivity (Wildman–Crippen MR) is 75.4 cm³/mol. The first-order valence-electron chi connectivity index (χ1n) is 6.43. The largest absolute Gasteiger partial charge is 0.310 e. The minimum absolute atomic E-state index is 0.544. The molecule has 0 saturated heterocycles. The van der Waals surface area contributed by atoms with Gasteiger partial charge in [-0.25, -0.2) is 4.98 Å². The molecular weight excluding hydrogens is 242 g/mol. The van der Waals surface area contributed by atoms with E-state index in [1.165, 1.54) is 25.7 Å². The second-order valence-electron chi connectivity index (χ2n) is 4.71. The summed E-state index contributed by atoms with van der Waals surface area (Å²) >= 11 is 1.99. The normalized spacial score (nSPS) is 23.6. The monoisotopic (exact) mass is 261 g/mol. The van der Waals surface area contributed by atoms with Gasteiger partial charge in [-0.1, -0.05) is 6.07 Å². The molecule has 1 fully saturated rings. The average Bonchev–Trinajstić information content (AvgIpc) is 2.46. The van der Waals surface area contributed by atoms with Crippen molar-refractivity contribution in [3.05, 3.63) is 29.6 Å². The molecule has 1 aromatic rings. The number of nitrogens with one attached hydrogen (secondary N) is 1. The molecule has 0 unspecified atom stereocenters. The number of pyridine rings is 1. The smallest absolute Gasteiger partial charge is 0.144 e. The Hall–Kier alpha value is -1.05. The third-order valence-electron chi connectivity index (χ3n) is 3.59. The molecule has 0 bridgehead atoms. The fourth-order valence-corrected chi connectivity index (χ4v) is 3.18. The zero-order valence-electron chi connectivity index (χ0n) is 10.7. The molecule has 1 aliphatic carbocycles. The van der Waals surface area contributed by atoms with Crippen molar-refractivity contribution in [3.63, 3.8) is 0 Å². The van der Waals surface area contributed by atoms with Gasteiger partial charge in [0.2, 0.25) is 0 Å². The number of aromatic nitrogens is 1. The molecule has 2 rings (SSSR count). The van der Waals surface area contributed by atoms with Gasteiger partial charge in [0.15, 0.2) is 0 Å². The van der Waals surface area contributed by atoms with Gasteiger partial charge in [-0.2, -0.15) is 17.0 Å². The zero-order valence-corrected chi connectivity index (χ0v) is 11.5. The highest BCUT2D eigenvalue weighted by Crippen LogP contribution is 2.26. The maximum absolute atomic E-state index is 8.98. The van der Waals surface area contributed by atoms with E-state index in [0.29, 0.717) is 11.7 Å². The number of thioether (sulfide) groups is 1. The van der Waals surface area contributed by atoms with Gasteiger partial charge in [0.05, 0.1) is 0 Å². The van der Waals surface area contributed by atoms with Crippen LogP contribution in [0.25, 0.3) is 0 Å². The van der Waals surface area contributed by atoms with Gasteiger partial charge in [0, 0.05) is 29.6 Å². The predicted octanol–water partition coefficient (Wildman–Crippen LogP) is 2.72. The van der Waals surface area contributed by atoms with Crippen molar-refractivity contribution in [3.8, 4) is 6.07 Å². The van der Waals surface area contributed by atoms with Crippen molar-refractivity contribution < 1.29 is 0 Å². The Labute approximate surface area is 113 Å². The van der Waals surface area contributed by atoms with E-state index in [0.717, 1.165) is 17.4 Å². The van der Waals surface area contributed by atoms with Crippen molar-refractivity contribution in [2.24, 2.45) is 0 Å². The van der Waals surface area contributed by atoms with Crippen molar-refractivity contribution in [2.75, 3.05) is 6.26 Å². The van der Waals surface area contributed by atoms with E-state index in [2.05, 4.69) is 22.6 Å². The van der Waals surface area contributed by atoms with Crippen LogP contribution in [0.5, 0.6) is 0 Å². The van der Waals surface area contributed by atoms with Crippen molar-refractivity contribution in [1.82, 2.24) is 10.3 Å². The van der Waals surface area contributed by atoms with E-state index in [1.807, 2.05) is 23.9 Å². The minimum atomic E-state index is 0.544. The van der Waals surface area contributed by atoms with Crippen LogP contribution >= 0.6 is 11.8 Å². The van der Waals surface area contributed by atoms with E-state index >= 15 is 0 Å². The van der Waals surface area contributed by atoms with Gasteiger partial charge in [-0.3, -0.25) is 0 Å². The minimum Gasteiger partial charge on any atom is -0.310 e. The van der Waals surface area contributed by atoms with Crippen molar-refractivity contribution >= 4 is 11.8 Å². The summed E-state index contributed by atoms with van der Waals surface area (Å²) in [5, 5.41) is 13.4. The van der Waals surface area contributed by atoms with Gasteiger partial charge < -0.3 is 5.32 Å². The van der Waals surface area contributed by atoms with Gasteiger partial charge in [-0.05, 0) is 38.0 Å². The third-order valence-corrected chi connectivity index (χ3v) is 4.72. The lowest BCUT2D eigenvalue weighted by molar-refractivity contribution is 0.378. The molecule has 1 aliphatic rings. The van der Waals surface area contributed by atoms with Crippen LogP contribution in [0, 0.1) is 11.3 Å². The van der Waals surface area contributed by atoms with Crippen molar-refractivity contribution in [1.29, 1.82) is 5.26 Å². The fraction of sp³-hybridized carbons (Fsp3) is 0.571. The lowest BCUT2D eigenvalue weighted by Crippen LogP contribution is -2.33. The lowest BCUT2D eigenvalue weighted by Gasteiger charge is -2.28. The molecule has 3 nitrogen and oxygen atoms in total. The highest BCUT2D eigenvalue weighted by molar-refractivity contribution is 7.99. The van der Waals surface area contributed by atoms with Gasteiger partial charge in [0.25, 0.3) is 0 Å². The third kappa shape index (κ3) is 3.47. The first-order chi connectivity index (χ1) is 8.83. The van der Waals surface area contributed by atoms with Gasteiger partial charge >= 0.3 is 0 Å². The molecule has 18 heavy (non-hydrogen) atoms. The van der Waals surface area contributed by atoms with E-state index in [-0.39, 0.29) is 0 Å². The molecule has 1 heterocycles. The Morgan fingerprint density at radius 2 is 2.22 bits per heavy atom. The summed E-state index contributed by atoms with van der Waals surface area (Å²) in [5.41, 5.74) is 1.55. The molecule has 1 N–H and O–H groups in total. The number of nitrogens with zero attached hydrogens (tertiary/aromatic N) is 2. The molecule has 0 radical (unpaired) electrons. The molecule has 4 heteroatoms. The summed E-state index contributed by atoms with van der Waals surface area (Å²) in [4.78, 5) is 4.08. The maximum Gasteiger partial charge on any atom is 0.144 e. The molecule has 0 spiro atoms. The maximum atomic E-state index is 8.98. The standard InChI is InChI=1S/C14H19N3S/c1-18-13-6-4-12(5-7-13)17-10-11-3-2-8-16-14(11)9-15/h2-3,8,12-13,17H,4-7,10H2,1H3. The first-order valence-corrected chi connectivity index (χ1v) is 7.72. The van der Waals surface area contributed by atoms with Crippen molar-refractivity contribution in [2.45, 2.75) is 43.5 Å². The van der Waals surface area contributed by atoms with E-state index in [4.69, 9.17) is 5.26 Å². The molecule has 1 aromatic heterocycles. The topological polar surface area (TPSA) is 48.7 Å². The summed E-state index contributed by atoms with van der Waals surface area (Å²) < 4.78 is 0. The molecule has 0 aliphatic heterocycles. The van der Waals surface area contributed by atoms with Crippen LogP contribution in [-0.4, -0.2) is 22.5 Å². The Kier molecular flexibility index (Phi) is 5.03. The van der Waals surface area contributed by atoms with Crippen LogP contribution in [0.15, 0.2) is 18.3 Å². The molecule has 0 amide bonds. The van der Waals surface area contributed by atoms with E-state index in [9.17, 15) is 0 Å². The van der Waals surface area contributed by atoms with Gasteiger partial charge in [-0.15, -0.1) is 0 Å². The molecule has 96 valence electrons. The van der Waals surface area contributed by atoms with Crippen LogP contribution in [0.2, 0.25) is 0 Å². The number of rotatable bonds is 4.